The summed E-state index contributed by atoms with van der Waals surface area (Å²) >= 11 is 3.30. The number of benzene rings is 2. The van der Waals surface area contributed by atoms with Crippen molar-refractivity contribution in [3.05, 3.63) is 104 Å². The number of nitrogens with zero attached hydrogens (tertiary/aromatic N) is 3. The fourth-order valence-electron chi connectivity index (χ4n) is 3.88. The third-order valence-corrected chi connectivity index (χ3v) is 6.20. The van der Waals surface area contributed by atoms with E-state index < -0.39 is 10.8 Å². The molecule has 39 heavy (non-hydrogen) atoms. The molecule has 1 N–H and O–H groups in total. The number of hydrogen-bond donors (Lipinski definition) is 1. The maximum Gasteiger partial charge on any atom is 0.312 e. The van der Waals surface area contributed by atoms with Crippen molar-refractivity contribution >= 4 is 33.7 Å². The Morgan fingerprint density at radius 3 is 2.46 bits per heavy atom. The van der Waals surface area contributed by atoms with Crippen LogP contribution in [-0.4, -0.2) is 27.7 Å². The van der Waals surface area contributed by atoms with E-state index in [1.807, 2.05) is 24.3 Å². The summed E-state index contributed by atoms with van der Waals surface area (Å²) in [6.45, 7) is 7.80. The molecule has 0 atom stereocenters. The Morgan fingerprint density at radius 1 is 1.13 bits per heavy atom. The van der Waals surface area contributed by atoms with Crippen LogP contribution in [0.15, 0.2) is 74.7 Å². The number of ether oxygens (including phenoxy) is 2. The Balaban J connectivity index is 1.34. The summed E-state index contributed by atoms with van der Waals surface area (Å²) < 4.78 is 19.5. The molecule has 0 radical (unpaired) electrons. The second kappa shape index (κ2) is 12.0. The predicted molar refractivity (Wildman–Crippen MR) is 150 cm³/mol. The third-order valence-electron chi connectivity index (χ3n) is 5.61. The zero-order valence-electron chi connectivity index (χ0n) is 21.8. The number of carbonyl (C=O) groups is 1. The molecule has 1 amide bonds. The normalized spacial score (nSPS) is 11.2. The summed E-state index contributed by atoms with van der Waals surface area (Å²) in [5.74, 6) is 0.729. The molecule has 0 bridgehead atoms. The van der Waals surface area contributed by atoms with Gasteiger partial charge in [-0.25, -0.2) is 5.43 Å². The number of aryl methyl sites for hydroxylation is 2. The molecule has 11 heteroatoms. The minimum Gasteiger partial charge on any atom is -0.486 e. The van der Waals surface area contributed by atoms with Crippen LogP contribution in [0.2, 0.25) is 0 Å². The zero-order valence-corrected chi connectivity index (χ0v) is 23.4. The van der Waals surface area contributed by atoms with E-state index in [9.17, 15) is 14.9 Å². The number of rotatable bonds is 10. The number of nitro groups is 1. The molecule has 0 aliphatic heterocycles. The number of furan rings is 1. The fraction of sp³-hybridized carbons (Fsp3) is 0.214. The molecular weight excluding hydrogens is 568 g/mol. The van der Waals surface area contributed by atoms with Crippen molar-refractivity contribution < 1.29 is 23.6 Å². The average molecular weight is 595 g/mol. The quantitative estimate of drug-likeness (QED) is 0.127. The first-order valence-electron chi connectivity index (χ1n) is 12.1. The van der Waals surface area contributed by atoms with Gasteiger partial charge < -0.3 is 18.5 Å². The number of hydrogen-bond acceptors (Lipinski definition) is 7. The van der Waals surface area contributed by atoms with Crippen LogP contribution in [0.1, 0.15) is 47.1 Å². The maximum absolute atomic E-state index is 12.4. The Bertz CT molecular complexity index is 1500. The molecule has 202 valence electrons. The molecule has 4 rings (SSSR count). The second-order valence-electron chi connectivity index (χ2n) is 8.97. The lowest BCUT2D eigenvalue weighted by molar-refractivity contribution is -0.386. The summed E-state index contributed by atoms with van der Waals surface area (Å²) in [6.07, 6.45) is 1.05. The molecule has 2 heterocycles. The first kappa shape index (κ1) is 27.6. The minimum atomic E-state index is -0.576. The average Bonchev–Trinajstić information content (AvgIpc) is 3.50. The first-order chi connectivity index (χ1) is 18.6. The Labute approximate surface area is 233 Å². The molecule has 0 spiro atoms. The minimum absolute atomic E-state index is 0.0486. The Kier molecular flexibility index (Phi) is 8.50. The van der Waals surface area contributed by atoms with Gasteiger partial charge in [-0.2, -0.15) is 5.10 Å². The van der Waals surface area contributed by atoms with Gasteiger partial charge in [-0.05, 0) is 98.2 Å². The van der Waals surface area contributed by atoms with Gasteiger partial charge in [0.1, 0.15) is 18.1 Å². The van der Waals surface area contributed by atoms with Gasteiger partial charge in [-0.1, -0.05) is 0 Å². The van der Waals surface area contributed by atoms with Crippen molar-refractivity contribution in [3.8, 4) is 17.2 Å². The number of aromatic nitrogens is 1. The molecule has 2 aromatic carbocycles. The number of hydrazone groups is 1. The van der Waals surface area contributed by atoms with Crippen molar-refractivity contribution in [2.75, 3.05) is 0 Å². The van der Waals surface area contributed by atoms with E-state index in [2.05, 4.69) is 57.0 Å². The van der Waals surface area contributed by atoms with E-state index >= 15 is 0 Å². The highest BCUT2D eigenvalue weighted by Gasteiger charge is 2.21. The van der Waals surface area contributed by atoms with E-state index in [-0.39, 0.29) is 29.9 Å². The number of amides is 1. The highest BCUT2D eigenvalue weighted by Crippen LogP contribution is 2.36. The highest BCUT2D eigenvalue weighted by molar-refractivity contribution is 9.10. The van der Waals surface area contributed by atoms with Gasteiger partial charge in [0.05, 0.1) is 21.7 Å². The van der Waals surface area contributed by atoms with Gasteiger partial charge in [-0.3, -0.25) is 14.9 Å². The van der Waals surface area contributed by atoms with Gasteiger partial charge in [0.15, 0.2) is 5.76 Å². The fourth-order valence-corrected chi connectivity index (χ4v) is 4.44. The molecule has 0 saturated heterocycles. The molecule has 0 aliphatic rings. The van der Waals surface area contributed by atoms with Crippen LogP contribution in [0, 0.1) is 24.0 Å². The summed E-state index contributed by atoms with van der Waals surface area (Å²) in [7, 11) is 0. The molecule has 2 aromatic heterocycles. The van der Waals surface area contributed by atoms with Gasteiger partial charge in [-0.15, -0.1) is 0 Å². The number of nitrogens with one attached hydrogen (secondary N) is 1. The summed E-state index contributed by atoms with van der Waals surface area (Å²) in [4.78, 5) is 23.4. The molecule has 0 saturated carbocycles. The van der Waals surface area contributed by atoms with Crippen LogP contribution in [0.25, 0.3) is 5.69 Å². The van der Waals surface area contributed by atoms with E-state index in [0.29, 0.717) is 21.5 Å². The first-order valence-corrected chi connectivity index (χ1v) is 12.9. The zero-order chi connectivity index (χ0) is 28.1. The standard InChI is InChI=1S/C28H27BrN4O6/c1-17(2)38-27-24(29)13-20(14-25(27)33(35)36)15-30-31-28(34)26-12-11-23(39-26)16-37-22-9-7-21(8-10-22)32-18(3)5-6-19(32)4/h5-15,17H,16H2,1-4H3,(H,31,34)/b30-15+. The van der Waals surface area contributed by atoms with Crippen LogP contribution in [0.5, 0.6) is 11.5 Å². The van der Waals surface area contributed by atoms with Gasteiger partial charge >= 0.3 is 11.6 Å². The van der Waals surface area contributed by atoms with Crippen molar-refractivity contribution in [2.45, 2.75) is 40.4 Å². The topological polar surface area (TPSA) is 121 Å². The van der Waals surface area contributed by atoms with Gasteiger partial charge in [0, 0.05) is 28.7 Å². The molecule has 0 unspecified atom stereocenters. The smallest absolute Gasteiger partial charge is 0.312 e. The largest absolute Gasteiger partial charge is 0.486 e. The van der Waals surface area contributed by atoms with Gasteiger partial charge in [0.2, 0.25) is 5.75 Å². The molecule has 0 aliphatic carbocycles. The summed E-state index contributed by atoms with van der Waals surface area (Å²) in [5.41, 5.74) is 5.87. The van der Waals surface area contributed by atoms with Crippen molar-refractivity contribution in [1.82, 2.24) is 9.99 Å². The highest BCUT2D eigenvalue weighted by atomic mass is 79.9. The SMILES string of the molecule is Cc1ccc(C)n1-c1ccc(OCc2ccc(C(=O)N/N=C/c3cc(Br)c(OC(C)C)c([N+](=O)[O-])c3)o2)cc1. The third kappa shape index (κ3) is 6.74. The van der Waals surface area contributed by atoms with Crippen LogP contribution >= 0.6 is 15.9 Å². The van der Waals surface area contributed by atoms with E-state index in [1.54, 1.807) is 26.0 Å². The lowest BCUT2D eigenvalue weighted by atomic mass is 10.2. The molecule has 10 nitrogen and oxygen atoms in total. The van der Waals surface area contributed by atoms with Crippen molar-refractivity contribution in [1.29, 1.82) is 0 Å². The van der Waals surface area contributed by atoms with Crippen LogP contribution in [0.4, 0.5) is 5.69 Å². The van der Waals surface area contributed by atoms with Crippen molar-refractivity contribution in [3.63, 3.8) is 0 Å². The molecule has 0 fully saturated rings. The van der Waals surface area contributed by atoms with Gasteiger partial charge in [0.25, 0.3) is 0 Å². The molecular formula is C28H27BrN4O6. The number of halogens is 1. The predicted octanol–water partition coefficient (Wildman–Crippen LogP) is 6.49. The monoisotopic (exact) mass is 594 g/mol. The van der Waals surface area contributed by atoms with E-state index in [0.717, 1.165) is 17.1 Å². The van der Waals surface area contributed by atoms with Crippen molar-refractivity contribution in [2.24, 2.45) is 5.10 Å². The number of nitro benzene ring substituents is 1. The van der Waals surface area contributed by atoms with E-state index in [4.69, 9.17) is 13.9 Å². The van der Waals surface area contributed by atoms with E-state index in [1.165, 1.54) is 18.3 Å². The maximum atomic E-state index is 12.4. The second-order valence-corrected chi connectivity index (χ2v) is 9.83. The van der Waals surface area contributed by atoms with Crippen LogP contribution < -0.4 is 14.9 Å². The molecule has 4 aromatic rings. The summed E-state index contributed by atoms with van der Waals surface area (Å²) in [6, 6.07) is 17.9. The lowest BCUT2D eigenvalue weighted by Gasteiger charge is -2.12. The van der Waals surface area contributed by atoms with Crippen LogP contribution in [0.3, 0.4) is 0 Å². The Morgan fingerprint density at radius 2 is 1.82 bits per heavy atom. The number of carbonyl (C=O) groups excluding carboxylic acids is 1. The summed E-state index contributed by atoms with van der Waals surface area (Å²) in [5, 5.41) is 15.4. The lowest BCUT2D eigenvalue weighted by Crippen LogP contribution is -2.16. The van der Waals surface area contributed by atoms with Crippen LogP contribution in [-0.2, 0) is 6.61 Å². The Hall–Kier alpha value is -4.38.